The average molecular weight is 623 g/mol. The Kier molecular flexibility index (Phi) is 13.9. The molecule has 0 N–H and O–H groups in total. The number of thiophene rings is 2. The van der Waals surface area contributed by atoms with Gasteiger partial charge >= 0.3 is 23.9 Å². The molecule has 11 heteroatoms. The van der Waals surface area contributed by atoms with Crippen LogP contribution in [0.4, 0.5) is 39.5 Å². The number of hydrogen-bond acceptors (Lipinski definition) is 2. The van der Waals surface area contributed by atoms with Gasteiger partial charge in [-0.05, 0) is 66.1 Å². The van der Waals surface area contributed by atoms with Crippen LogP contribution in [0, 0.1) is 0 Å². The van der Waals surface area contributed by atoms with E-state index >= 15 is 0 Å². The largest absolute Gasteiger partial charge is 0.460 e. The first-order valence-corrected chi connectivity index (χ1v) is 15.8. The fourth-order valence-electron chi connectivity index (χ4n) is 4.60. The predicted octanol–water partition coefficient (Wildman–Crippen LogP) is 12.5. The van der Waals surface area contributed by atoms with Crippen molar-refractivity contribution in [3.63, 3.8) is 0 Å². The molecule has 0 bridgehead atoms. The van der Waals surface area contributed by atoms with Crippen LogP contribution in [0.1, 0.15) is 108 Å². The van der Waals surface area contributed by atoms with Gasteiger partial charge in [0, 0.05) is 16.2 Å². The van der Waals surface area contributed by atoms with E-state index in [-0.39, 0.29) is 6.42 Å². The summed E-state index contributed by atoms with van der Waals surface area (Å²) in [4.78, 5) is 2.13. The highest BCUT2D eigenvalue weighted by molar-refractivity contribution is 7.20. The van der Waals surface area contributed by atoms with Crippen molar-refractivity contribution >= 4 is 22.7 Å². The van der Waals surface area contributed by atoms with Gasteiger partial charge in [0.2, 0.25) is 0 Å². The summed E-state index contributed by atoms with van der Waals surface area (Å²) >= 11 is 3.16. The lowest BCUT2D eigenvalue weighted by Gasteiger charge is -2.33. The minimum Gasteiger partial charge on any atom is -0.200 e. The molecule has 2 heterocycles. The molecule has 230 valence electrons. The molecule has 0 nitrogen and oxygen atoms in total. The Morgan fingerprint density at radius 1 is 0.625 bits per heavy atom. The van der Waals surface area contributed by atoms with Gasteiger partial charge in [-0.15, -0.1) is 22.7 Å². The van der Waals surface area contributed by atoms with Crippen LogP contribution < -0.4 is 0 Å². The molecule has 0 aliphatic rings. The third kappa shape index (κ3) is 9.66. The first-order valence-electron chi connectivity index (χ1n) is 14.1. The maximum atomic E-state index is 13.7. The molecular formula is C29H39F9S2. The summed E-state index contributed by atoms with van der Waals surface area (Å²) < 4.78 is 117. The van der Waals surface area contributed by atoms with Crippen molar-refractivity contribution in [1.82, 2.24) is 0 Å². The third-order valence-corrected chi connectivity index (χ3v) is 9.21. The Balaban J connectivity index is 1.73. The molecule has 0 amide bonds. The predicted molar refractivity (Wildman–Crippen MR) is 146 cm³/mol. The smallest absolute Gasteiger partial charge is 0.200 e. The Morgan fingerprint density at radius 3 is 1.77 bits per heavy atom. The molecule has 0 saturated carbocycles. The standard InChI is InChI=1S/C29H39F9S2/c1-2-3-4-5-6-7-8-9-10-12-15-22-20-24(40-21-22)25-23(17-19-39-25)16-13-11-14-18-26(30,31)27(32,33)28(34,35)29(36,37)38/h17,19-21H,2-16,18H2,1H3. The summed E-state index contributed by atoms with van der Waals surface area (Å²) in [6, 6.07) is 4.05. The van der Waals surface area contributed by atoms with E-state index in [1.807, 2.05) is 11.4 Å². The van der Waals surface area contributed by atoms with Crippen LogP contribution in [0.2, 0.25) is 0 Å². The number of hydrogen-bond donors (Lipinski definition) is 0. The van der Waals surface area contributed by atoms with Crippen LogP contribution in [0.5, 0.6) is 0 Å². The molecule has 2 aromatic heterocycles. The van der Waals surface area contributed by atoms with Crippen molar-refractivity contribution in [2.24, 2.45) is 0 Å². The molecule has 0 fully saturated rings. The summed E-state index contributed by atoms with van der Waals surface area (Å²) in [6.07, 6.45) is 5.37. The van der Waals surface area contributed by atoms with Crippen molar-refractivity contribution in [2.45, 2.75) is 134 Å². The summed E-state index contributed by atoms with van der Waals surface area (Å²) in [5.41, 5.74) is 2.23. The molecule has 40 heavy (non-hydrogen) atoms. The highest BCUT2D eigenvalue weighted by Gasteiger charge is 2.81. The van der Waals surface area contributed by atoms with E-state index in [2.05, 4.69) is 18.4 Å². The maximum absolute atomic E-state index is 13.7. The number of alkyl halides is 9. The topological polar surface area (TPSA) is 0 Å². The second-order valence-corrected chi connectivity index (χ2v) is 12.3. The van der Waals surface area contributed by atoms with E-state index in [4.69, 9.17) is 0 Å². The minimum atomic E-state index is -6.82. The highest BCUT2D eigenvalue weighted by atomic mass is 32.1. The van der Waals surface area contributed by atoms with Gasteiger partial charge < -0.3 is 0 Å². The van der Waals surface area contributed by atoms with Crippen LogP contribution in [0.3, 0.4) is 0 Å². The monoisotopic (exact) mass is 622 g/mol. The fraction of sp³-hybridized carbons (Fsp3) is 0.724. The van der Waals surface area contributed by atoms with Gasteiger partial charge in [-0.25, -0.2) is 0 Å². The Labute approximate surface area is 239 Å². The SMILES string of the molecule is CCCCCCCCCCCCc1csc(-c2sccc2CCCCCC(F)(F)C(F)(F)C(F)(F)C(F)(F)F)c1. The van der Waals surface area contributed by atoms with Gasteiger partial charge in [-0.1, -0.05) is 71.1 Å². The van der Waals surface area contributed by atoms with Gasteiger partial charge in [0.15, 0.2) is 0 Å². The zero-order valence-electron chi connectivity index (χ0n) is 22.8. The summed E-state index contributed by atoms with van der Waals surface area (Å²) in [7, 11) is 0. The van der Waals surface area contributed by atoms with E-state index in [0.717, 1.165) is 28.2 Å². The second kappa shape index (κ2) is 15.8. The average Bonchev–Trinajstić information content (AvgIpc) is 3.53. The van der Waals surface area contributed by atoms with E-state index in [0.29, 0.717) is 12.8 Å². The summed E-state index contributed by atoms with van der Waals surface area (Å²) in [5, 5.41) is 4.03. The molecule has 0 saturated heterocycles. The Hall–Kier alpha value is -1.23. The van der Waals surface area contributed by atoms with Crippen molar-refractivity contribution < 1.29 is 39.5 Å². The van der Waals surface area contributed by atoms with Crippen LogP contribution in [-0.2, 0) is 12.8 Å². The second-order valence-electron chi connectivity index (χ2n) is 10.4. The molecule has 2 aromatic rings. The van der Waals surface area contributed by atoms with Gasteiger partial charge in [0.1, 0.15) is 0 Å². The minimum absolute atomic E-state index is 0.00697. The fourth-order valence-corrected chi connectivity index (χ4v) is 6.67. The highest BCUT2D eigenvalue weighted by Crippen LogP contribution is 2.54. The van der Waals surface area contributed by atoms with Crippen LogP contribution in [0.15, 0.2) is 22.9 Å². The first kappa shape index (κ1) is 35.0. The van der Waals surface area contributed by atoms with Crippen molar-refractivity contribution in [3.8, 4) is 9.75 Å². The van der Waals surface area contributed by atoms with Gasteiger partial charge in [0.05, 0.1) is 0 Å². The quantitative estimate of drug-likeness (QED) is 0.102. The van der Waals surface area contributed by atoms with Crippen molar-refractivity contribution in [1.29, 1.82) is 0 Å². The maximum Gasteiger partial charge on any atom is 0.460 e. The van der Waals surface area contributed by atoms with Crippen LogP contribution in [0.25, 0.3) is 9.75 Å². The molecule has 0 atom stereocenters. The first-order chi connectivity index (χ1) is 18.7. The Morgan fingerprint density at radius 2 is 1.18 bits per heavy atom. The van der Waals surface area contributed by atoms with Crippen molar-refractivity contribution in [3.05, 3.63) is 34.0 Å². The summed E-state index contributed by atoms with van der Waals surface area (Å²) in [5.74, 6) is -18.8. The molecule has 0 spiro atoms. The number of halogens is 9. The number of rotatable bonds is 20. The zero-order chi connectivity index (χ0) is 29.9. The van der Waals surface area contributed by atoms with E-state index in [1.165, 1.54) is 74.7 Å². The molecule has 0 unspecified atom stereocenters. The lowest BCUT2D eigenvalue weighted by Crippen LogP contribution is -2.60. The number of aryl methyl sites for hydroxylation is 2. The summed E-state index contributed by atoms with van der Waals surface area (Å²) in [6.45, 7) is 2.22. The Bertz CT molecular complexity index is 976. The molecular weight excluding hydrogens is 583 g/mol. The van der Waals surface area contributed by atoms with Gasteiger partial charge in [-0.3, -0.25) is 0 Å². The van der Waals surface area contributed by atoms with E-state index in [9.17, 15) is 39.5 Å². The number of unbranched alkanes of at least 4 members (excludes halogenated alkanes) is 11. The molecule has 0 radical (unpaired) electrons. The van der Waals surface area contributed by atoms with E-state index < -0.39 is 36.8 Å². The molecule has 0 aromatic carbocycles. The molecule has 2 rings (SSSR count). The van der Waals surface area contributed by atoms with Crippen LogP contribution >= 0.6 is 22.7 Å². The lowest BCUT2D eigenvalue weighted by atomic mass is 9.97. The zero-order valence-corrected chi connectivity index (χ0v) is 24.5. The van der Waals surface area contributed by atoms with E-state index in [1.54, 1.807) is 11.3 Å². The van der Waals surface area contributed by atoms with Crippen LogP contribution in [-0.4, -0.2) is 23.9 Å². The van der Waals surface area contributed by atoms with Crippen molar-refractivity contribution in [2.75, 3.05) is 0 Å². The normalized spacial score (nSPS) is 13.3. The van der Waals surface area contributed by atoms with Gasteiger partial charge in [-0.2, -0.15) is 39.5 Å². The van der Waals surface area contributed by atoms with Gasteiger partial charge in [0.25, 0.3) is 0 Å². The molecule has 0 aliphatic carbocycles. The lowest BCUT2D eigenvalue weighted by molar-refractivity contribution is -0.396. The molecule has 0 aliphatic heterocycles. The third-order valence-electron chi connectivity index (χ3n) is 7.09.